The van der Waals surface area contributed by atoms with Crippen LogP contribution >= 0.6 is 0 Å². The molecule has 1 N–H and O–H groups in total. The molecule has 9 heteroatoms. The zero-order valence-electron chi connectivity index (χ0n) is 15.7. The first-order valence-corrected chi connectivity index (χ1v) is 11.1. The lowest BCUT2D eigenvalue weighted by Gasteiger charge is -2.31. The molecular weight excluding hydrogens is 402 g/mol. The largest absolute Gasteiger partial charge is 0.493 e. The number of sulfonamides is 1. The average Bonchev–Trinajstić information content (AvgIpc) is 3.54. The summed E-state index contributed by atoms with van der Waals surface area (Å²) in [5.41, 5.74) is 0.569. The van der Waals surface area contributed by atoms with Crippen LogP contribution in [0, 0.1) is 17.6 Å². The molecule has 1 aliphatic carbocycles. The van der Waals surface area contributed by atoms with Crippen LogP contribution < -0.4 is 9.46 Å². The van der Waals surface area contributed by atoms with Crippen LogP contribution in [0.1, 0.15) is 19.3 Å². The smallest absolute Gasteiger partial charge is 0.214 e. The Bertz CT molecular complexity index is 965. The Morgan fingerprint density at radius 2 is 1.93 bits per heavy atom. The van der Waals surface area contributed by atoms with Gasteiger partial charge in [0, 0.05) is 30.2 Å². The summed E-state index contributed by atoms with van der Waals surface area (Å²) >= 11 is 0. The Labute approximate surface area is 168 Å². The summed E-state index contributed by atoms with van der Waals surface area (Å²) in [6.07, 6.45) is 3.01. The predicted molar refractivity (Wildman–Crippen MR) is 103 cm³/mol. The molecule has 1 aromatic carbocycles. The maximum atomic E-state index is 13.9. The van der Waals surface area contributed by atoms with E-state index in [2.05, 4.69) is 9.71 Å². The summed E-state index contributed by atoms with van der Waals surface area (Å²) in [4.78, 5) is 3.79. The highest BCUT2D eigenvalue weighted by Crippen LogP contribution is 2.29. The van der Waals surface area contributed by atoms with E-state index in [0.29, 0.717) is 37.6 Å². The number of aromatic nitrogens is 1. The van der Waals surface area contributed by atoms with E-state index in [0.717, 1.165) is 25.1 Å². The number of pyridine rings is 1. The van der Waals surface area contributed by atoms with E-state index in [1.807, 2.05) is 0 Å². The van der Waals surface area contributed by atoms with Crippen LogP contribution in [-0.2, 0) is 14.8 Å². The van der Waals surface area contributed by atoms with Crippen LogP contribution in [0.5, 0.6) is 5.75 Å². The van der Waals surface area contributed by atoms with Gasteiger partial charge in [-0.1, -0.05) is 0 Å². The third-order valence-electron chi connectivity index (χ3n) is 5.15. The number of rotatable bonds is 7. The Hall–Kier alpha value is -2.10. The molecule has 1 saturated carbocycles. The van der Waals surface area contributed by atoms with E-state index in [9.17, 15) is 17.2 Å². The third-order valence-corrected chi connectivity index (χ3v) is 7.13. The zero-order chi connectivity index (χ0) is 20.4. The van der Waals surface area contributed by atoms with Crippen LogP contribution in [0.15, 0.2) is 36.5 Å². The molecule has 2 heterocycles. The van der Waals surface area contributed by atoms with E-state index in [4.69, 9.17) is 9.47 Å². The fraction of sp³-hybridized carbons (Fsp3) is 0.450. The van der Waals surface area contributed by atoms with Gasteiger partial charge in [0.05, 0.1) is 24.7 Å². The van der Waals surface area contributed by atoms with Crippen molar-refractivity contribution in [1.82, 2.24) is 9.71 Å². The Balaban J connectivity index is 1.38. The van der Waals surface area contributed by atoms with Gasteiger partial charge in [-0.2, -0.15) is 0 Å². The molecule has 2 aliphatic rings. The summed E-state index contributed by atoms with van der Waals surface area (Å²) < 4.78 is 65.5. The first-order valence-electron chi connectivity index (χ1n) is 9.55. The summed E-state index contributed by atoms with van der Waals surface area (Å²) in [5.74, 6) is -1.00. The SMILES string of the molecule is O=S(=O)(NC1CCOCC1COc1ccc(-c2ncc(F)cc2F)cc1)C1CC1. The molecule has 156 valence electrons. The molecule has 2 fully saturated rings. The molecule has 6 nitrogen and oxygen atoms in total. The van der Waals surface area contributed by atoms with Crippen molar-refractivity contribution >= 4 is 10.0 Å². The van der Waals surface area contributed by atoms with Gasteiger partial charge in [0.2, 0.25) is 10.0 Å². The summed E-state index contributed by atoms with van der Waals surface area (Å²) in [6, 6.07) is 7.21. The lowest BCUT2D eigenvalue weighted by atomic mass is 9.98. The van der Waals surface area contributed by atoms with Gasteiger partial charge in [-0.15, -0.1) is 0 Å². The highest BCUT2D eigenvalue weighted by Gasteiger charge is 2.39. The van der Waals surface area contributed by atoms with Crippen molar-refractivity contribution in [3.8, 4) is 17.0 Å². The second-order valence-electron chi connectivity index (χ2n) is 7.41. The molecule has 2 atom stereocenters. The zero-order valence-corrected chi connectivity index (χ0v) is 16.5. The number of hydrogen-bond acceptors (Lipinski definition) is 5. The quantitative estimate of drug-likeness (QED) is 0.740. The van der Waals surface area contributed by atoms with Crippen molar-refractivity contribution < 1.29 is 26.7 Å². The number of halogens is 2. The number of ether oxygens (including phenoxy) is 2. The van der Waals surface area contributed by atoms with E-state index < -0.39 is 21.7 Å². The van der Waals surface area contributed by atoms with E-state index >= 15 is 0 Å². The molecule has 29 heavy (non-hydrogen) atoms. The Morgan fingerprint density at radius 3 is 2.62 bits per heavy atom. The van der Waals surface area contributed by atoms with Crippen molar-refractivity contribution in [3.63, 3.8) is 0 Å². The van der Waals surface area contributed by atoms with Crippen molar-refractivity contribution in [2.75, 3.05) is 19.8 Å². The maximum Gasteiger partial charge on any atom is 0.214 e. The fourth-order valence-corrected chi connectivity index (χ4v) is 5.02. The normalized spacial score (nSPS) is 22.4. The Morgan fingerprint density at radius 1 is 1.17 bits per heavy atom. The van der Waals surface area contributed by atoms with Gasteiger partial charge < -0.3 is 9.47 Å². The molecule has 0 radical (unpaired) electrons. The summed E-state index contributed by atoms with van der Waals surface area (Å²) in [5, 5.41) is -0.264. The standard InChI is InChI=1S/C20H22F2N2O4S/c21-15-9-18(22)20(23-10-15)13-1-3-16(4-2-13)28-12-14-11-27-8-7-19(14)24-29(25,26)17-5-6-17/h1-4,9-10,14,17,19,24H,5-8,11-12H2. The summed E-state index contributed by atoms with van der Waals surface area (Å²) in [6.45, 7) is 1.22. The van der Waals surface area contributed by atoms with E-state index in [1.165, 1.54) is 0 Å². The molecule has 0 bridgehead atoms. The minimum atomic E-state index is -3.28. The van der Waals surface area contributed by atoms with Crippen molar-refractivity contribution in [2.45, 2.75) is 30.6 Å². The van der Waals surface area contributed by atoms with E-state index in [1.54, 1.807) is 24.3 Å². The number of hydrogen-bond donors (Lipinski definition) is 1. The molecule has 0 spiro atoms. The van der Waals surface area contributed by atoms with Gasteiger partial charge in [0.25, 0.3) is 0 Å². The molecule has 4 rings (SSSR count). The molecule has 1 aliphatic heterocycles. The molecular formula is C20H22F2N2O4S. The van der Waals surface area contributed by atoms with Crippen LogP contribution in [-0.4, -0.2) is 44.5 Å². The van der Waals surface area contributed by atoms with Crippen LogP contribution in [0.3, 0.4) is 0 Å². The molecule has 1 aromatic heterocycles. The lowest BCUT2D eigenvalue weighted by Crippen LogP contribution is -2.48. The first-order chi connectivity index (χ1) is 13.9. The van der Waals surface area contributed by atoms with Crippen LogP contribution in [0.4, 0.5) is 8.78 Å². The molecule has 2 unspecified atom stereocenters. The predicted octanol–water partition coefficient (Wildman–Crippen LogP) is 2.89. The fourth-order valence-electron chi connectivity index (χ4n) is 3.34. The van der Waals surface area contributed by atoms with Gasteiger partial charge in [0.15, 0.2) is 5.82 Å². The van der Waals surface area contributed by atoms with Crippen LogP contribution in [0.2, 0.25) is 0 Å². The topological polar surface area (TPSA) is 77.5 Å². The lowest BCUT2D eigenvalue weighted by molar-refractivity contribution is 0.0186. The van der Waals surface area contributed by atoms with Crippen LogP contribution in [0.25, 0.3) is 11.3 Å². The maximum absolute atomic E-state index is 13.9. The summed E-state index contributed by atoms with van der Waals surface area (Å²) in [7, 11) is -3.28. The van der Waals surface area contributed by atoms with Gasteiger partial charge in [-0.25, -0.2) is 21.9 Å². The second-order valence-corrected chi connectivity index (χ2v) is 9.40. The minimum Gasteiger partial charge on any atom is -0.493 e. The number of nitrogens with zero attached hydrogens (tertiary/aromatic N) is 1. The van der Waals surface area contributed by atoms with Crippen molar-refractivity contribution in [2.24, 2.45) is 5.92 Å². The highest BCUT2D eigenvalue weighted by molar-refractivity contribution is 7.90. The van der Waals surface area contributed by atoms with Crippen molar-refractivity contribution in [3.05, 3.63) is 48.2 Å². The van der Waals surface area contributed by atoms with Gasteiger partial charge in [-0.05, 0) is 43.5 Å². The highest BCUT2D eigenvalue weighted by atomic mass is 32.2. The monoisotopic (exact) mass is 424 g/mol. The van der Waals surface area contributed by atoms with Gasteiger partial charge in [-0.3, -0.25) is 4.98 Å². The number of nitrogens with one attached hydrogen (secondary N) is 1. The number of benzene rings is 1. The Kier molecular flexibility index (Phi) is 5.80. The molecule has 0 amide bonds. The third kappa shape index (κ3) is 4.91. The minimum absolute atomic E-state index is 0.0631. The van der Waals surface area contributed by atoms with Crippen molar-refractivity contribution in [1.29, 1.82) is 0 Å². The average molecular weight is 424 g/mol. The van der Waals surface area contributed by atoms with E-state index in [-0.39, 0.29) is 22.9 Å². The molecule has 2 aromatic rings. The van der Waals surface area contributed by atoms with Gasteiger partial charge >= 0.3 is 0 Å². The second kappa shape index (κ2) is 8.33. The molecule has 1 saturated heterocycles. The van der Waals surface area contributed by atoms with Gasteiger partial charge in [0.1, 0.15) is 17.3 Å². The first kappa shape index (κ1) is 20.2.